The highest BCUT2D eigenvalue weighted by atomic mass is 19.1. The molecule has 0 fully saturated rings. The first-order chi connectivity index (χ1) is 18.0. The topological polar surface area (TPSA) is 72.6 Å². The summed E-state index contributed by atoms with van der Waals surface area (Å²) >= 11 is 0. The molecule has 7 heteroatoms. The third-order valence-electron chi connectivity index (χ3n) is 6.40. The molecule has 1 atom stereocenters. The van der Waals surface area contributed by atoms with E-state index in [0.29, 0.717) is 23.7 Å². The highest BCUT2D eigenvalue weighted by molar-refractivity contribution is 6.10. The van der Waals surface area contributed by atoms with Crippen LogP contribution >= 0.6 is 0 Å². The van der Waals surface area contributed by atoms with Gasteiger partial charge >= 0.3 is 0 Å². The van der Waals surface area contributed by atoms with Crippen LogP contribution in [0.5, 0.6) is 5.75 Å². The first kappa shape index (κ1) is 22.7. The monoisotopic (exact) mass is 492 g/mol. The Kier molecular flexibility index (Phi) is 5.53. The minimum absolute atomic E-state index is 0.0759. The fourth-order valence-electron chi connectivity index (χ4n) is 4.66. The lowest BCUT2D eigenvalue weighted by atomic mass is 9.98. The van der Waals surface area contributed by atoms with Gasteiger partial charge in [-0.2, -0.15) is 0 Å². The van der Waals surface area contributed by atoms with Crippen molar-refractivity contribution in [3.05, 3.63) is 135 Å². The molecule has 5 aromatic rings. The van der Waals surface area contributed by atoms with E-state index in [4.69, 9.17) is 9.15 Å². The summed E-state index contributed by atoms with van der Waals surface area (Å²) in [5, 5.41) is 0.0760. The van der Waals surface area contributed by atoms with E-state index < -0.39 is 23.2 Å². The Morgan fingerprint density at radius 1 is 0.973 bits per heavy atom. The molecule has 0 bridgehead atoms. The molecule has 1 unspecified atom stereocenters. The number of fused-ring (bicyclic) bond motifs is 2. The molecule has 3 aromatic carbocycles. The molecule has 0 saturated heterocycles. The normalized spacial score (nSPS) is 14.7. The number of hydrogen-bond acceptors (Lipinski definition) is 5. The molecule has 6 nitrogen and oxygen atoms in total. The highest BCUT2D eigenvalue weighted by Gasteiger charge is 2.44. The number of hydrogen-bond donors (Lipinski definition) is 0. The molecule has 182 valence electrons. The Labute approximate surface area is 211 Å². The van der Waals surface area contributed by atoms with Gasteiger partial charge in [0.2, 0.25) is 5.76 Å². The third-order valence-corrected chi connectivity index (χ3v) is 6.40. The van der Waals surface area contributed by atoms with Gasteiger partial charge in [0.1, 0.15) is 29.6 Å². The van der Waals surface area contributed by atoms with Crippen LogP contribution < -0.4 is 15.1 Å². The number of benzene rings is 3. The molecule has 0 aliphatic carbocycles. The van der Waals surface area contributed by atoms with Crippen molar-refractivity contribution in [2.75, 3.05) is 4.90 Å². The van der Waals surface area contributed by atoms with Gasteiger partial charge in [-0.25, -0.2) is 9.37 Å². The van der Waals surface area contributed by atoms with Crippen LogP contribution in [0.1, 0.15) is 38.9 Å². The average Bonchev–Trinajstić information content (AvgIpc) is 3.21. The number of ether oxygens (including phenoxy) is 1. The van der Waals surface area contributed by atoms with Crippen LogP contribution in [0, 0.1) is 12.7 Å². The molecule has 2 aromatic heterocycles. The van der Waals surface area contributed by atoms with Crippen molar-refractivity contribution >= 4 is 22.7 Å². The Hall–Kier alpha value is -4.78. The molecule has 1 aliphatic rings. The van der Waals surface area contributed by atoms with Crippen LogP contribution in [0.15, 0.2) is 100 Å². The molecule has 37 heavy (non-hydrogen) atoms. The molecule has 1 aliphatic heterocycles. The van der Waals surface area contributed by atoms with Crippen molar-refractivity contribution in [3.8, 4) is 5.75 Å². The Balaban J connectivity index is 1.50. The number of halogens is 1. The average molecular weight is 493 g/mol. The van der Waals surface area contributed by atoms with Crippen LogP contribution in [-0.2, 0) is 6.61 Å². The SMILES string of the molecule is Cc1ccnc(N2C(=O)c3oc4ccc(F)cc4c(=O)c3C2c2cccc(OCc3ccccc3)c2)c1. The number of aryl methyl sites for hydroxylation is 1. The van der Waals surface area contributed by atoms with Gasteiger partial charge in [0, 0.05) is 6.20 Å². The van der Waals surface area contributed by atoms with Gasteiger partial charge in [0.05, 0.1) is 17.0 Å². The van der Waals surface area contributed by atoms with Crippen molar-refractivity contribution in [1.82, 2.24) is 4.98 Å². The van der Waals surface area contributed by atoms with Crippen LogP contribution in [0.4, 0.5) is 10.2 Å². The number of amides is 1. The van der Waals surface area contributed by atoms with Gasteiger partial charge in [0.25, 0.3) is 5.91 Å². The van der Waals surface area contributed by atoms with E-state index in [1.807, 2.05) is 61.5 Å². The third kappa shape index (κ3) is 4.04. The minimum atomic E-state index is -0.832. The van der Waals surface area contributed by atoms with Crippen molar-refractivity contribution in [2.45, 2.75) is 19.6 Å². The molecule has 3 heterocycles. The number of rotatable bonds is 5. The van der Waals surface area contributed by atoms with E-state index in [1.54, 1.807) is 18.3 Å². The van der Waals surface area contributed by atoms with Gasteiger partial charge in [-0.3, -0.25) is 14.5 Å². The zero-order valence-corrected chi connectivity index (χ0v) is 19.9. The first-order valence-electron chi connectivity index (χ1n) is 11.8. The molecule has 0 saturated carbocycles. The van der Waals surface area contributed by atoms with Gasteiger partial charge in [-0.1, -0.05) is 42.5 Å². The van der Waals surface area contributed by atoms with E-state index in [-0.39, 0.29) is 22.3 Å². The van der Waals surface area contributed by atoms with Gasteiger partial charge < -0.3 is 9.15 Å². The van der Waals surface area contributed by atoms with E-state index in [0.717, 1.165) is 17.2 Å². The summed E-state index contributed by atoms with van der Waals surface area (Å²) in [4.78, 5) is 33.2. The van der Waals surface area contributed by atoms with E-state index in [2.05, 4.69) is 4.98 Å². The predicted molar refractivity (Wildman–Crippen MR) is 137 cm³/mol. The van der Waals surface area contributed by atoms with Crippen LogP contribution in [0.3, 0.4) is 0 Å². The Morgan fingerprint density at radius 3 is 2.62 bits per heavy atom. The van der Waals surface area contributed by atoms with Crippen LogP contribution in [-0.4, -0.2) is 10.9 Å². The summed E-state index contributed by atoms with van der Waals surface area (Å²) in [6.45, 7) is 2.26. The maximum Gasteiger partial charge on any atom is 0.296 e. The Bertz CT molecular complexity index is 1710. The van der Waals surface area contributed by atoms with Crippen LogP contribution in [0.2, 0.25) is 0 Å². The summed E-state index contributed by atoms with van der Waals surface area (Å²) in [6, 6.07) is 23.5. The summed E-state index contributed by atoms with van der Waals surface area (Å²) < 4.78 is 26.0. The lowest BCUT2D eigenvalue weighted by molar-refractivity contribution is 0.0970. The number of carbonyl (C=O) groups is 1. The Morgan fingerprint density at radius 2 is 1.81 bits per heavy atom. The van der Waals surface area contributed by atoms with Crippen molar-refractivity contribution in [3.63, 3.8) is 0 Å². The number of aromatic nitrogens is 1. The number of carbonyl (C=O) groups excluding carboxylic acids is 1. The van der Waals surface area contributed by atoms with Crippen molar-refractivity contribution < 1.29 is 18.3 Å². The van der Waals surface area contributed by atoms with E-state index in [1.165, 1.54) is 17.0 Å². The largest absolute Gasteiger partial charge is 0.489 e. The lowest BCUT2D eigenvalue weighted by Crippen LogP contribution is -2.30. The second kappa shape index (κ2) is 9.02. The molecule has 1 amide bonds. The summed E-state index contributed by atoms with van der Waals surface area (Å²) in [6.07, 6.45) is 1.61. The van der Waals surface area contributed by atoms with Gasteiger partial charge in [0.15, 0.2) is 5.43 Å². The second-order valence-corrected chi connectivity index (χ2v) is 8.93. The predicted octanol–water partition coefficient (Wildman–Crippen LogP) is 5.96. The maximum atomic E-state index is 14.0. The summed E-state index contributed by atoms with van der Waals surface area (Å²) in [5.74, 6) is -0.165. The summed E-state index contributed by atoms with van der Waals surface area (Å²) in [7, 11) is 0. The van der Waals surface area contributed by atoms with E-state index >= 15 is 0 Å². The first-order valence-corrected chi connectivity index (χ1v) is 11.8. The molecule has 6 rings (SSSR count). The zero-order chi connectivity index (χ0) is 25.5. The standard InChI is InChI=1S/C30H21FN2O4/c1-18-12-13-32-25(14-18)33-27(20-8-5-9-22(15-20)36-17-19-6-3-2-4-7-19)26-28(34)23-16-21(31)10-11-24(23)37-29(26)30(33)35/h2-16,27H,17H2,1H3. The number of pyridine rings is 1. The minimum Gasteiger partial charge on any atom is -0.489 e. The van der Waals surface area contributed by atoms with Crippen LogP contribution in [0.25, 0.3) is 11.0 Å². The number of anilines is 1. The second-order valence-electron chi connectivity index (χ2n) is 8.93. The smallest absolute Gasteiger partial charge is 0.296 e. The lowest BCUT2D eigenvalue weighted by Gasteiger charge is -2.24. The molecule has 0 N–H and O–H groups in total. The van der Waals surface area contributed by atoms with Gasteiger partial charge in [-0.05, 0) is 66.1 Å². The quantitative estimate of drug-likeness (QED) is 0.303. The fraction of sp³-hybridized carbons (Fsp3) is 0.100. The highest BCUT2D eigenvalue weighted by Crippen LogP contribution is 2.41. The number of nitrogens with zero attached hydrogens (tertiary/aromatic N) is 2. The molecule has 0 radical (unpaired) electrons. The molecular weight excluding hydrogens is 471 g/mol. The fourth-order valence-corrected chi connectivity index (χ4v) is 4.66. The zero-order valence-electron chi connectivity index (χ0n) is 19.9. The van der Waals surface area contributed by atoms with Gasteiger partial charge in [-0.15, -0.1) is 0 Å². The molecular formula is C30H21FN2O4. The van der Waals surface area contributed by atoms with Crippen molar-refractivity contribution in [1.29, 1.82) is 0 Å². The molecule has 0 spiro atoms. The van der Waals surface area contributed by atoms with E-state index in [9.17, 15) is 14.0 Å². The maximum absolute atomic E-state index is 14.0. The van der Waals surface area contributed by atoms with Crippen molar-refractivity contribution in [2.24, 2.45) is 0 Å². The summed E-state index contributed by atoms with van der Waals surface area (Å²) in [5.41, 5.74) is 2.39.